The summed E-state index contributed by atoms with van der Waals surface area (Å²) in [5, 5.41) is 3.82. The number of halogens is 2. The molecule has 1 aromatic heterocycles. The first-order valence-corrected chi connectivity index (χ1v) is 8.52. The maximum absolute atomic E-state index is 12.4. The quantitative estimate of drug-likeness (QED) is 0.837. The highest BCUT2D eigenvalue weighted by atomic mass is 35.5. The summed E-state index contributed by atoms with van der Waals surface area (Å²) in [5.41, 5.74) is 0.245. The van der Waals surface area contributed by atoms with E-state index in [-0.39, 0.29) is 11.6 Å². The average Bonchev–Trinajstić information content (AvgIpc) is 3.13. The lowest BCUT2D eigenvalue weighted by Crippen LogP contribution is -2.42. The minimum atomic E-state index is -0.186. The van der Waals surface area contributed by atoms with Gasteiger partial charge in [-0.15, -0.1) is 0 Å². The fourth-order valence-electron chi connectivity index (χ4n) is 5.05. The van der Waals surface area contributed by atoms with Crippen LogP contribution < -0.4 is 5.32 Å². The molecule has 112 valence electrons. The number of aromatic nitrogens is 1. The highest BCUT2D eigenvalue weighted by molar-refractivity contribution is 6.34. The third-order valence-corrected chi connectivity index (χ3v) is 6.29. The van der Waals surface area contributed by atoms with Crippen LogP contribution in [0.4, 0.5) is 0 Å². The van der Waals surface area contributed by atoms with Crippen molar-refractivity contribution in [2.75, 3.05) is 0 Å². The first-order valence-electron chi connectivity index (χ1n) is 7.76. The maximum Gasteiger partial charge on any atom is 0.271 e. The largest absolute Gasteiger partial charge is 0.348 e. The molecule has 3 saturated carbocycles. The number of fused-ring (bicyclic) bond motifs is 5. The van der Waals surface area contributed by atoms with E-state index in [1.165, 1.54) is 25.7 Å². The lowest BCUT2D eigenvalue weighted by molar-refractivity contribution is 0.0896. The number of carbonyl (C=O) groups excluding carboxylic acids is 1. The van der Waals surface area contributed by atoms with Gasteiger partial charge < -0.3 is 5.32 Å². The van der Waals surface area contributed by atoms with Gasteiger partial charge in [-0.3, -0.25) is 4.79 Å². The lowest BCUT2D eigenvalue weighted by atomic mass is 9.79. The molecule has 3 nitrogen and oxygen atoms in total. The molecule has 3 fully saturated rings. The van der Waals surface area contributed by atoms with E-state index >= 15 is 0 Å². The van der Waals surface area contributed by atoms with Crippen LogP contribution in [0.1, 0.15) is 42.6 Å². The topological polar surface area (TPSA) is 42.0 Å². The molecule has 0 aliphatic heterocycles. The molecule has 0 saturated heterocycles. The summed E-state index contributed by atoms with van der Waals surface area (Å²) < 4.78 is 0. The van der Waals surface area contributed by atoms with Crippen molar-refractivity contribution in [3.8, 4) is 0 Å². The molecule has 3 aliphatic rings. The van der Waals surface area contributed by atoms with Gasteiger partial charge >= 0.3 is 0 Å². The van der Waals surface area contributed by atoms with Gasteiger partial charge in [0.2, 0.25) is 0 Å². The Morgan fingerprint density at radius 1 is 1.14 bits per heavy atom. The standard InChI is InChI=1S/C16H18Cl2N2O/c17-12-4-5-14(18)20-15(12)16(21)19-13-7-8-6-11(13)10-3-1-2-9(8)10/h4-5,8-11,13H,1-3,6-7H2,(H,19,21)/t8-,9-,10+,11+,13-/m1/s1. The summed E-state index contributed by atoms with van der Waals surface area (Å²) in [4.78, 5) is 16.5. The van der Waals surface area contributed by atoms with Crippen LogP contribution in [0.2, 0.25) is 10.2 Å². The van der Waals surface area contributed by atoms with E-state index in [2.05, 4.69) is 10.3 Å². The van der Waals surface area contributed by atoms with Gasteiger partial charge in [0.05, 0.1) is 5.02 Å². The van der Waals surface area contributed by atoms with E-state index in [1.807, 2.05) is 0 Å². The molecule has 1 amide bonds. The Labute approximate surface area is 134 Å². The predicted molar refractivity (Wildman–Crippen MR) is 82.6 cm³/mol. The number of hydrogen-bond donors (Lipinski definition) is 1. The Hall–Kier alpha value is -0.800. The number of rotatable bonds is 2. The normalized spacial score (nSPS) is 36.8. The summed E-state index contributed by atoms with van der Waals surface area (Å²) >= 11 is 11.9. The smallest absolute Gasteiger partial charge is 0.271 e. The molecule has 1 N–H and O–H groups in total. The summed E-state index contributed by atoms with van der Waals surface area (Å²) in [6.07, 6.45) is 6.51. The van der Waals surface area contributed by atoms with Crippen molar-refractivity contribution in [2.45, 2.75) is 38.1 Å². The van der Waals surface area contributed by atoms with E-state index < -0.39 is 0 Å². The van der Waals surface area contributed by atoms with Crippen LogP contribution in [0.3, 0.4) is 0 Å². The Balaban J connectivity index is 1.50. The minimum absolute atomic E-state index is 0.186. The second-order valence-electron chi connectivity index (χ2n) is 6.70. The van der Waals surface area contributed by atoms with Crippen molar-refractivity contribution < 1.29 is 4.79 Å². The molecular weight excluding hydrogens is 307 g/mol. The first kappa shape index (κ1) is 13.8. The molecule has 1 heterocycles. The van der Waals surface area contributed by atoms with E-state index in [4.69, 9.17) is 23.2 Å². The molecule has 2 bridgehead atoms. The van der Waals surface area contributed by atoms with Crippen LogP contribution in [0.25, 0.3) is 0 Å². The van der Waals surface area contributed by atoms with Gasteiger partial charge in [0, 0.05) is 6.04 Å². The lowest BCUT2D eigenvalue weighted by Gasteiger charge is -2.32. The second-order valence-corrected chi connectivity index (χ2v) is 7.49. The maximum atomic E-state index is 12.4. The fourth-order valence-corrected chi connectivity index (χ4v) is 5.39. The SMILES string of the molecule is O=C(N[C@@H]1C[C@H]2C[C@H]1[C@H]1CCC[C@H]21)c1nc(Cl)ccc1Cl. The third-order valence-electron chi connectivity index (χ3n) is 5.77. The van der Waals surface area contributed by atoms with Crippen molar-refractivity contribution >= 4 is 29.1 Å². The van der Waals surface area contributed by atoms with Gasteiger partial charge in [-0.1, -0.05) is 29.6 Å². The van der Waals surface area contributed by atoms with E-state index in [9.17, 15) is 4.79 Å². The van der Waals surface area contributed by atoms with Crippen LogP contribution in [-0.4, -0.2) is 16.9 Å². The number of pyridine rings is 1. The second kappa shape index (κ2) is 5.13. The zero-order valence-electron chi connectivity index (χ0n) is 11.7. The van der Waals surface area contributed by atoms with Crippen molar-refractivity contribution in [1.82, 2.24) is 10.3 Å². The van der Waals surface area contributed by atoms with Gasteiger partial charge in [-0.25, -0.2) is 4.98 Å². The average molecular weight is 325 g/mol. The summed E-state index contributed by atoms with van der Waals surface area (Å²) in [6.45, 7) is 0. The zero-order valence-corrected chi connectivity index (χ0v) is 13.2. The van der Waals surface area contributed by atoms with Crippen LogP contribution in [0.15, 0.2) is 12.1 Å². The van der Waals surface area contributed by atoms with Gasteiger partial charge in [-0.05, 0) is 61.5 Å². The molecule has 0 radical (unpaired) electrons. The molecule has 1 aromatic rings. The highest BCUT2D eigenvalue weighted by Crippen LogP contribution is 2.58. The number of carbonyl (C=O) groups is 1. The molecule has 21 heavy (non-hydrogen) atoms. The Morgan fingerprint density at radius 2 is 1.95 bits per heavy atom. The van der Waals surface area contributed by atoms with E-state index in [0.717, 1.165) is 24.2 Å². The zero-order chi connectivity index (χ0) is 14.6. The van der Waals surface area contributed by atoms with Gasteiger partial charge in [0.15, 0.2) is 0 Å². The van der Waals surface area contributed by atoms with E-state index in [0.29, 0.717) is 22.1 Å². The molecule has 3 aliphatic carbocycles. The van der Waals surface area contributed by atoms with Gasteiger partial charge in [0.25, 0.3) is 5.91 Å². The van der Waals surface area contributed by atoms with Crippen LogP contribution >= 0.6 is 23.2 Å². The molecular formula is C16H18Cl2N2O. The number of nitrogens with one attached hydrogen (secondary N) is 1. The van der Waals surface area contributed by atoms with Crippen LogP contribution in [0, 0.1) is 23.7 Å². The monoisotopic (exact) mass is 324 g/mol. The third kappa shape index (κ3) is 2.25. The molecule has 0 spiro atoms. The molecule has 5 heteroatoms. The summed E-state index contributed by atoms with van der Waals surface area (Å²) in [6, 6.07) is 3.51. The number of hydrogen-bond acceptors (Lipinski definition) is 2. The molecule has 0 aromatic carbocycles. The summed E-state index contributed by atoms with van der Waals surface area (Å²) in [7, 11) is 0. The van der Waals surface area contributed by atoms with E-state index in [1.54, 1.807) is 12.1 Å². The summed E-state index contributed by atoms with van der Waals surface area (Å²) in [5.74, 6) is 3.04. The molecule has 4 rings (SSSR count). The highest BCUT2D eigenvalue weighted by Gasteiger charge is 2.54. The van der Waals surface area contributed by atoms with Crippen molar-refractivity contribution in [1.29, 1.82) is 0 Å². The van der Waals surface area contributed by atoms with Crippen LogP contribution in [-0.2, 0) is 0 Å². The van der Waals surface area contributed by atoms with Gasteiger partial charge in [-0.2, -0.15) is 0 Å². The van der Waals surface area contributed by atoms with Gasteiger partial charge in [0.1, 0.15) is 10.8 Å². The first-order chi connectivity index (χ1) is 10.1. The molecule has 5 atom stereocenters. The fraction of sp³-hybridized carbons (Fsp3) is 0.625. The van der Waals surface area contributed by atoms with Crippen molar-refractivity contribution in [3.63, 3.8) is 0 Å². The minimum Gasteiger partial charge on any atom is -0.348 e. The Kier molecular flexibility index (Phi) is 3.38. The predicted octanol–water partition coefficient (Wildman–Crippen LogP) is 3.94. The Morgan fingerprint density at radius 3 is 2.81 bits per heavy atom. The van der Waals surface area contributed by atoms with Crippen molar-refractivity contribution in [3.05, 3.63) is 28.0 Å². The van der Waals surface area contributed by atoms with Crippen LogP contribution in [0.5, 0.6) is 0 Å². The Bertz CT molecular complexity index is 592. The molecule has 0 unspecified atom stereocenters. The number of amides is 1. The number of nitrogens with zero attached hydrogens (tertiary/aromatic N) is 1. The van der Waals surface area contributed by atoms with Crippen molar-refractivity contribution in [2.24, 2.45) is 23.7 Å².